The lowest BCUT2D eigenvalue weighted by atomic mass is 10.1. The summed E-state index contributed by atoms with van der Waals surface area (Å²) in [7, 11) is 3.33. The zero-order valence-corrected chi connectivity index (χ0v) is 21.5. The quantitative estimate of drug-likeness (QED) is 0.532. The van der Waals surface area contributed by atoms with Crippen LogP contribution in [-0.2, 0) is 22.6 Å². The number of benzene rings is 2. The van der Waals surface area contributed by atoms with Crippen molar-refractivity contribution in [3.05, 3.63) is 59.7 Å². The molecular weight excluding hydrogens is 456 g/mol. The molecule has 2 aliphatic heterocycles. The van der Waals surface area contributed by atoms with Crippen LogP contribution in [0.5, 0.6) is 11.5 Å². The molecule has 2 aliphatic rings. The first-order valence-electron chi connectivity index (χ1n) is 12.8. The van der Waals surface area contributed by atoms with Crippen LogP contribution in [0.3, 0.4) is 0 Å². The molecule has 36 heavy (non-hydrogen) atoms. The molecule has 2 saturated heterocycles. The van der Waals surface area contributed by atoms with Gasteiger partial charge >= 0.3 is 0 Å². The number of carbonyl (C=O) groups excluding carboxylic acids is 2. The van der Waals surface area contributed by atoms with Crippen molar-refractivity contribution in [2.24, 2.45) is 0 Å². The monoisotopic (exact) mass is 494 g/mol. The predicted molar refractivity (Wildman–Crippen MR) is 139 cm³/mol. The van der Waals surface area contributed by atoms with Gasteiger partial charge in [0, 0.05) is 65.3 Å². The van der Waals surface area contributed by atoms with E-state index in [9.17, 15) is 9.59 Å². The molecular formula is C28H38N4O4. The summed E-state index contributed by atoms with van der Waals surface area (Å²) in [4.78, 5) is 34.0. The molecule has 2 fully saturated rings. The standard InChI is InChI=1S/C28H38N4O4/c1-35-25-8-3-23(4-9-25)7-12-27(33)31-17-15-30(16-18-31)22-28(34)32-19-13-29(14-20-32)21-24-5-10-26(36-2)11-6-24/h3-6,8-11H,7,12-22H2,1-2H3. The highest BCUT2D eigenvalue weighted by molar-refractivity contribution is 5.79. The third-order valence-corrected chi connectivity index (χ3v) is 7.16. The van der Waals surface area contributed by atoms with Gasteiger partial charge in [-0.1, -0.05) is 24.3 Å². The minimum absolute atomic E-state index is 0.185. The number of methoxy groups -OCH3 is 2. The average Bonchev–Trinajstić information content (AvgIpc) is 2.93. The Hall–Kier alpha value is -3.10. The summed E-state index contributed by atoms with van der Waals surface area (Å²) in [5, 5.41) is 0. The van der Waals surface area contributed by atoms with Crippen LogP contribution in [0.1, 0.15) is 17.5 Å². The van der Waals surface area contributed by atoms with Gasteiger partial charge in [-0.15, -0.1) is 0 Å². The van der Waals surface area contributed by atoms with Crippen LogP contribution in [0.2, 0.25) is 0 Å². The van der Waals surface area contributed by atoms with Crippen molar-refractivity contribution in [1.82, 2.24) is 19.6 Å². The van der Waals surface area contributed by atoms with Gasteiger partial charge in [0.1, 0.15) is 11.5 Å². The first-order chi connectivity index (χ1) is 17.5. The molecule has 4 rings (SSSR count). The number of ether oxygens (including phenoxy) is 2. The molecule has 2 aromatic rings. The second-order valence-corrected chi connectivity index (χ2v) is 9.51. The maximum Gasteiger partial charge on any atom is 0.236 e. The maximum absolute atomic E-state index is 12.9. The summed E-state index contributed by atoms with van der Waals surface area (Å²) in [5.74, 6) is 2.07. The van der Waals surface area contributed by atoms with Crippen LogP contribution in [0.25, 0.3) is 0 Å². The van der Waals surface area contributed by atoms with E-state index in [0.29, 0.717) is 26.1 Å². The van der Waals surface area contributed by atoms with Crippen molar-refractivity contribution in [3.8, 4) is 11.5 Å². The van der Waals surface area contributed by atoms with Gasteiger partial charge in [0.25, 0.3) is 0 Å². The second kappa shape index (κ2) is 12.7. The highest BCUT2D eigenvalue weighted by Gasteiger charge is 2.26. The fraction of sp³-hybridized carbons (Fsp3) is 0.500. The number of carbonyl (C=O) groups is 2. The first-order valence-corrected chi connectivity index (χ1v) is 12.8. The summed E-state index contributed by atoms with van der Waals surface area (Å²) in [5.41, 5.74) is 2.39. The van der Waals surface area contributed by atoms with Gasteiger partial charge in [-0.25, -0.2) is 0 Å². The molecule has 0 spiro atoms. The van der Waals surface area contributed by atoms with Gasteiger partial charge in [0.15, 0.2) is 0 Å². The van der Waals surface area contributed by atoms with Gasteiger partial charge in [0.05, 0.1) is 20.8 Å². The first kappa shape index (κ1) is 26.0. The normalized spacial score (nSPS) is 17.2. The molecule has 0 atom stereocenters. The average molecular weight is 495 g/mol. The zero-order chi connectivity index (χ0) is 25.3. The number of piperazine rings is 2. The molecule has 0 radical (unpaired) electrons. The fourth-order valence-electron chi connectivity index (χ4n) is 4.79. The molecule has 8 heteroatoms. The third kappa shape index (κ3) is 7.21. The van der Waals surface area contributed by atoms with Gasteiger partial charge in [-0.2, -0.15) is 0 Å². The lowest BCUT2D eigenvalue weighted by molar-refractivity contribution is -0.136. The molecule has 8 nitrogen and oxygen atoms in total. The van der Waals surface area contributed by atoms with Crippen LogP contribution >= 0.6 is 0 Å². The topological polar surface area (TPSA) is 65.6 Å². The van der Waals surface area contributed by atoms with Gasteiger partial charge < -0.3 is 19.3 Å². The van der Waals surface area contributed by atoms with Crippen LogP contribution < -0.4 is 9.47 Å². The molecule has 0 aromatic heterocycles. The highest BCUT2D eigenvalue weighted by atomic mass is 16.5. The third-order valence-electron chi connectivity index (χ3n) is 7.16. The highest BCUT2D eigenvalue weighted by Crippen LogP contribution is 2.16. The summed E-state index contributed by atoms with van der Waals surface area (Å²) < 4.78 is 10.4. The largest absolute Gasteiger partial charge is 0.497 e. The molecule has 0 N–H and O–H groups in total. The van der Waals surface area contributed by atoms with E-state index >= 15 is 0 Å². The number of nitrogens with zero attached hydrogens (tertiary/aromatic N) is 4. The smallest absolute Gasteiger partial charge is 0.236 e. The Morgan fingerprint density at radius 1 is 0.639 bits per heavy atom. The van der Waals surface area contributed by atoms with E-state index in [2.05, 4.69) is 21.9 Å². The number of hydrogen-bond donors (Lipinski definition) is 0. The van der Waals surface area contributed by atoms with E-state index in [0.717, 1.165) is 69.3 Å². The summed E-state index contributed by atoms with van der Waals surface area (Å²) in [6.07, 6.45) is 1.23. The molecule has 0 saturated carbocycles. The van der Waals surface area contributed by atoms with Crippen molar-refractivity contribution in [2.45, 2.75) is 19.4 Å². The molecule has 0 bridgehead atoms. The van der Waals surface area contributed by atoms with Crippen molar-refractivity contribution in [1.29, 1.82) is 0 Å². The Labute approximate surface area is 214 Å². The fourth-order valence-corrected chi connectivity index (χ4v) is 4.79. The number of rotatable bonds is 9. The van der Waals surface area contributed by atoms with Crippen LogP contribution in [0.15, 0.2) is 48.5 Å². The Morgan fingerprint density at radius 2 is 1.11 bits per heavy atom. The van der Waals surface area contributed by atoms with Crippen molar-refractivity contribution >= 4 is 11.8 Å². The lowest BCUT2D eigenvalue weighted by Crippen LogP contribution is -2.54. The molecule has 0 unspecified atom stereocenters. The van der Waals surface area contributed by atoms with Crippen LogP contribution in [0.4, 0.5) is 0 Å². The number of hydrogen-bond acceptors (Lipinski definition) is 6. The SMILES string of the molecule is COc1ccc(CCC(=O)N2CCN(CC(=O)N3CCN(Cc4ccc(OC)cc4)CC3)CC2)cc1. The minimum Gasteiger partial charge on any atom is -0.497 e. The summed E-state index contributed by atoms with van der Waals surface area (Å²) in [6.45, 7) is 7.48. The van der Waals surface area contributed by atoms with Gasteiger partial charge in [0.2, 0.25) is 11.8 Å². The minimum atomic E-state index is 0.185. The molecule has 2 amide bonds. The Kier molecular flexibility index (Phi) is 9.19. The van der Waals surface area contributed by atoms with E-state index < -0.39 is 0 Å². The van der Waals surface area contributed by atoms with Crippen LogP contribution in [0, 0.1) is 0 Å². The van der Waals surface area contributed by atoms with E-state index in [1.165, 1.54) is 5.56 Å². The molecule has 2 aromatic carbocycles. The molecule has 0 aliphatic carbocycles. The Morgan fingerprint density at radius 3 is 1.64 bits per heavy atom. The van der Waals surface area contributed by atoms with Crippen molar-refractivity contribution in [2.75, 3.05) is 73.1 Å². The molecule has 194 valence electrons. The Balaban J connectivity index is 1.13. The van der Waals surface area contributed by atoms with Gasteiger partial charge in [-0.3, -0.25) is 19.4 Å². The van der Waals surface area contributed by atoms with E-state index in [-0.39, 0.29) is 11.8 Å². The number of aryl methyl sites for hydroxylation is 1. The second-order valence-electron chi connectivity index (χ2n) is 9.51. The summed E-state index contributed by atoms with van der Waals surface area (Å²) in [6, 6.07) is 16.0. The Bertz CT molecular complexity index is 980. The van der Waals surface area contributed by atoms with Gasteiger partial charge in [-0.05, 0) is 41.8 Å². The van der Waals surface area contributed by atoms with Crippen LogP contribution in [-0.4, -0.2) is 105 Å². The van der Waals surface area contributed by atoms with E-state index in [1.54, 1.807) is 14.2 Å². The molecule has 2 heterocycles. The van der Waals surface area contributed by atoms with E-state index in [4.69, 9.17) is 9.47 Å². The number of amides is 2. The lowest BCUT2D eigenvalue weighted by Gasteiger charge is -2.38. The van der Waals surface area contributed by atoms with Crippen molar-refractivity contribution in [3.63, 3.8) is 0 Å². The summed E-state index contributed by atoms with van der Waals surface area (Å²) >= 11 is 0. The maximum atomic E-state index is 12.9. The van der Waals surface area contributed by atoms with E-state index in [1.807, 2.05) is 46.2 Å². The van der Waals surface area contributed by atoms with Crippen molar-refractivity contribution < 1.29 is 19.1 Å². The predicted octanol–water partition coefficient (Wildman–Crippen LogP) is 2.13. The zero-order valence-electron chi connectivity index (χ0n) is 21.5.